The first-order chi connectivity index (χ1) is 8.22. The molecule has 0 saturated heterocycles. The third-order valence-electron chi connectivity index (χ3n) is 4.01. The molecular formula is C13H15NO3. The minimum Gasteiger partial charge on any atom is -0.490 e. The number of nitro benzene ring substituents is 1. The monoisotopic (exact) mass is 233 g/mol. The van der Waals surface area contributed by atoms with Crippen LogP contribution in [0.2, 0.25) is 0 Å². The zero-order chi connectivity index (χ0) is 11.8. The van der Waals surface area contributed by atoms with Crippen LogP contribution < -0.4 is 4.74 Å². The number of hydrogen-bond acceptors (Lipinski definition) is 3. The highest BCUT2D eigenvalue weighted by Gasteiger charge is 2.40. The SMILES string of the molecule is O=[N+]([O-])c1ccc(OC2CC3CCC2C3)cc1. The number of ether oxygens (including phenoxy) is 1. The second kappa shape index (κ2) is 4.02. The first-order valence-corrected chi connectivity index (χ1v) is 6.13. The van der Waals surface area contributed by atoms with Gasteiger partial charge in [0.25, 0.3) is 5.69 Å². The van der Waals surface area contributed by atoms with E-state index < -0.39 is 0 Å². The summed E-state index contributed by atoms with van der Waals surface area (Å²) in [7, 11) is 0. The third kappa shape index (κ3) is 1.99. The molecule has 3 unspecified atom stereocenters. The van der Waals surface area contributed by atoms with Gasteiger partial charge in [-0.15, -0.1) is 0 Å². The molecule has 0 spiro atoms. The van der Waals surface area contributed by atoms with Crippen LogP contribution in [0.15, 0.2) is 24.3 Å². The van der Waals surface area contributed by atoms with Crippen molar-refractivity contribution in [3.63, 3.8) is 0 Å². The van der Waals surface area contributed by atoms with E-state index in [1.165, 1.54) is 31.4 Å². The van der Waals surface area contributed by atoms with Crippen molar-refractivity contribution in [3.8, 4) is 5.75 Å². The normalized spacial score (nSPS) is 30.5. The van der Waals surface area contributed by atoms with Crippen molar-refractivity contribution in [3.05, 3.63) is 34.4 Å². The fourth-order valence-corrected chi connectivity index (χ4v) is 3.15. The molecule has 2 saturated carbocycles. The summed E-state index contributed by atoms with van der Waals surface area (Å²) in [6, 6.07) is 6.40. The lowest BCUT2D eigenvalue weighted by Gasteiger charge is -2.22. The summed E-state index contributed by atoms with van der Waals surface area (Å²) >= 11 is 0. The molecule has 0 N–H and O–H groups in total. The van der Waals surface area contributed by atoms with Gasteiger partial charge in [-0.3, -0.25) is 10.1 Å². The molecule has 2 aliphatic rings. The molecule has 0 amide bonds. The van der Waals surface area contributed by atoms with Crippen LogP contribution in [0.4, 0.5) is 5.69 Å². The van der Waals surface area contributed by atoms with E-state index in [1.54, 1.807) is 12.1 Å². The molecule has 0 heterocycles. The maximum absolute atomic E-state index is 10.5. The third-order valence-corrected chi connectivity index (χ3v) is 4.01. The van der Waals surface area contributed by atoms with Gasteiger partial charge in [-0.2, -0.15) is 0 Å². The van der Waals surface area contributed by atoms with Crippen molar-refractivity contribution in [2.75, 3.05) is 0 Å². The minimum atomic E-state index is -0.388. The number of fused-ring (bicyclic) bond motifs is 2. The second-order valence-electron chi connectivity index (χ2n) is 5.08. The highest BCUT2D eigenvalue weighted by Crippen LogP contribution is 2.46. The first kappa shape index (κ1) is 10.6. The number of non-ortho nitro benzene ring substituents is 1. The number of nitro groups is 1. The summed E-state index contributed by atoms with van der Waals surface area (Å²) in [5.41, 5.74) is 0.116. The Balaban J connectivity index is 1.67. The molecule has 0 aliphatic heterocycles. The van der Waals surface area contributed by atoms with Crippen LogP contribution in [0.3, 0.4) is 0 Å². The number of rotatable bonds is 3. The number of hydrogen-bond donors (Lipinski definition) is 0. The van der Waals surface area contributed by atoms with Crippen molar-refractivity contribution < 1.29 is 9.66 Å². The Morgan fingerprint density at radius 1 is 1.18 bits per heavy atom. The average Bonchev–Trinajstić information content (AvgIpc) is 2.91. The molecule has 2 aliphatic carbocycles. The fourth-order valence-electron chi connectivity index (χ4n) is 3.15. The molecule has 4 nitrogen and oxygen atoms in total. The average molecular weight is 233 g/mol. The predicted octanol–water partition coefficient (Wildman–Crippen LogP) is 3.16. The largest absolute Gasteiger partial charge is 0.490 e. The number of benzene rings is 1. The highest BCUT2D eigenvalue weighted by molar-refractivity contribution is 5.36. The minimum absolute atomic E-state index is 0.116. The fraction of sp³-hybridized carbons (Fsp3) is 0.538. The summed E-state index contributed by atoms with van der Waals surface area (Å²) < 4.78 is 5.92. The Hall–Kier alpha value is -1.58. The molecular weight excluding hydrogens is 218 g/mol. The Kier molecular flexibility index (Phi) is 2.50. The summed E-state index contributed by atoms with van der Waals surface area (Å²) in [6.07, 6.45) is 5.42. The van der Waals surface area contributed by atoms with Crippen LogP contribution in [0, 0.1) is 22.0 Å². The van der Waals surface area contributed by atoms with E-state index in [-0.39, 0.29) is 10.6 Å². The lowest BCUT2D eigenvalue weighted by Crippen LogP contribution is -2.23. The quantitative estimate of drug-likeness (QED) is 0.595. The molecule has 1 aromatic carbocycles. The van der Waals surface area contributed by atoms with E-state index in [1.807, 2.05) is 0 Å². The van der Waals surface area contributed by atoms with Gasteiger partial charge in [0.1, 0.15) is 11.9 Å². The zero-order valence-electron chi connectivity index (χ0n) is 9.54. The van der Waals surface area contributed by atoms with E-state index in [0.717, 1.165) is 18.1 Å². The molecule has 4 heteroatoms. The van der Waals surface area contributed by atoms with Crippen molar-refractivity contribution in [1.29, 1.82) is 0 Å². The molecule has 3 atom stereocenters. The van der Waals surface area contributed by atoms with Crippen LogP contribution in [-0.2, 0) is 0 Å². The van der Waals surface area contributed by atoms with E-state index in [2.05, 4.69) is 0 Å². The van der Waals surface area contributed by atoms with Crippen LogP contribution in [-0.4, -0.2) is 11.0 Å². The van der Waals surface area contributed by atoms with Gasteiger partial charge in [0.2, 0.25) is 0 Å². The van der Waals surface area contributed by atoms with E-state index in [4.69, 9.17) is 4.74 Å². The van der Waals surface area contributed by atoms with Crippen LogP contribution in [0.1, 0.15) is 25.7 Å². The topological polar surface area (TPSA) is 52.4 Å². The van der Waals surface area contributed by atoms with Gasteiger partial charge in [-0.1, -0.05) is 0 Å². The zero-order valence-corrected chi connectivity index (χ0v) is 9.54. The Bertz CT molecular complexity index is 429. The van der Waals surface area contributed by atoms with Gasteiger partial charge < -0.3 is 4.74 Å². The Morgan fingerprint density at radius 2 is 1.94 bits per heavy atom. The lowest BCUT2D eigenvalue weighted by atomic mass is 9.98. The molecule has 2 fully saturated rings. The standard InChI is InChI=1S/C13H15NO3/c15-14(16)11-3-5-12(6-4-11)17-13-8-9-1-2-10(13)7-9/h3-6,9-10,13H,1-2,7-8H2. The van der Waals surface area contributed by atoms with Crippen molar-refractivity contribution in [2.45, 2.75) is 31.8 Å². The highest BCUT2D eigenvalue weighted by atomic mass is 16.6. The molecule has 90 valence electrons. The molecule has 17 heavy (non-hydrogen) atoms. The summed E-state index contributed by atoms with van der Waals surface area (Å²) in [5.74, 6) is 2.31. The molecule has 0 aromatic heterocycles. The summed E-state index contributed by atoms with van der Waals surface area (Å²) in [5, 5.41) is 10.5. The maximum atomic E-state index is 10.5. The Morgan fingerprint density at radius 3 is 2.47 bits per heavy atom. The van der Waals surface area contributed by atoms with Crippen LogP contribution in [0.5, 0.6) is 5.75 Å². The van der Waals surface area contributed by atoms with Gasteiger partial charge in [-0.05, 0) is 49.7 Å². The molecule has 1 aromatic rings. The Labute approximate surface area is 99.7 Å². The van der Waals surface area contributed by atoms with Crippen molar-refractivity contribution in [1.82, 2.24) is 0 Å². The molecule has 2 bridgehead atoms. The second-order valence-corrected chi connectivity index (χ2v) is 5.08. The molecule has 3 rings (SSSR count). The van der Waals surface area contributed by atoms with Crippen LogP contribution in [0.25, 0.3) is 0 Å². The van der Waals surface area contributed by atoms with Crippen LogP contribution >= 0.6 is 0 Å². The van der Waals surface area contributed by atoms with Gasteiger partial charge in [0.05, 0.1) is 4.92 Å². The van der Waals surface area contributed by atoms with Crippen molar-refractivity contribution in [2.24, 2.45) is 11.8 Å². The van der Waals surface area contributed by atoms with Gasteiger partial charge in [-0.25, -0.2) is 0 Å². The van der Waals surface area contributed by atoms with Crippen molar-refractivity contribution >= 4 is 5.69 Å². The summed E-state index contributed by atoms with van der Waals surface area (Å²) in [6.45, 7) is 0. The predicted molar refractivity (Wildman–Crippen MR) is 63.0 cm³/mol. The van der Waals surface area contributed by atoms with Gasteiger partial charge in [0.15, 0.2) is 0 Å². The van der Waals surface area contributed by atoms with Gasteiger partial charge in [0, 0.05) is 12.1 Å². The van der Waals surface area contributed by atoms with E-state index in [9.17, 15) is 10.1 Å². The number of nitrogens with zero attached hydrogens (tertiary/aromatic N) is 1. The summed E-state index contributed by atoms with van der Waals surface area (Å²) in [4.78, 5) is 10.1. The van der Waals surface area contributed by atoms with Gasteiger partial charge >= 0.3 is 0 Å². The smallest absolute Gasteiger partial charge is 0.269 e. The van der Waals surface area contributed by atoms with E-state index >= 15 is 0 Å². The first-order valence-electron chi connectivity index (χ1n) is 6.13. The maximum Gasteiger partial charge on any atom is 0.269 e. The van der Waals surface area contributed by atoms with E-state index in [0.29, 0.717) is 12.0 Å². The lowest BCUT2D eigenvalue weighted by molar-refractivity contribution is -0.384. The molecule has 0 radical (unpaired) electrons.